The molecule has 0 aromatic carbocycles. The maximum absolute atomic E-state index is 9.69. The Morgan fingerprint density at radius 1 is 1.30 bits per heavy atom. The molecule has 3 fully saturated rings. The van der Waals surface area contributed by atoms with Gasteiger partial charge in [0.15, 0.2) is 0 Å². The molecule has 0 atom stereocenters. The number of hydrogen-bond acceptors (Lipinski definition) is 2. The number of nitrogens with two attached hydrogens (primary N) is 1. The molecule has 2 bridgehead atoms. The molecule has 2 nitrogen and oxygen atoms in total. The first-order valence-corrected chi connectivity index (χ1v) is 3.88. The summed E-state index contributed by atoms with van der Waals surface area (Å²) in [6, 6.07) is 0. The van der Waals surface area contributed by atoms with Gasteiger partial charge in [0.2, 0.25) is 0 Å². The molecule has 2 heteroatoms. The summed E-state index contributed by atoms with van der Waals surface area (Å²) >= 11 is 0. The minimum Gasteiger partial charge on any atom is -0.390 e. The molecule has 3 saturated carbocycles. The number of hydrogen-bond donors (Lipinski definition) is 2. The lowest BCUT2D eigenvalue weighted by Crippen LogP contribution is -2.78. The normalized spacial score (nSPS) is 51.6. The van der Waals surface area contributed by atoms with E-state index in [0.29, 0.717) is 0 Å². The van der Waals surface area contributed by atoms with Gasteiger partial charge in [-0.15, -0.1) is 0 Å². The zero-order valence-corrected chi connectivity index (χ0v) is 6.65. The average Bonchev–Trinajstić information content (AvgIpc) is 1.51. The molecule has 0 aromatic heterocycles. The van der Waals surface area contributed by atoms with E-state index in [9.17, 15) is 5.11 Å². The number of rotatable bonds is 1. The van der Waals surface area contributed by atoms with Gasteiger partial charge in [0.1, 0.15) is 0 Å². The minimum absolute atomic E-state index is 0.125. The smallest absolute Gasteiger partial charge is 0.0649 e. The predicted octanol–water partition coefficient (Wildman–Crippen LogP) is 0.639. The molecular weight excluding hydrogens is 126 g/mol. The van der Waals surface area contributed by atoms with Gasteiger partial charge >= 0.3 is 0 Å². The number of aliphatic hydroxyl groups is 1. The molecule has 0 unspecified atom stereocenters. The van der Waals surface area contributed by atoms with E-state index in [-0.39, 0.29) is 11.0 Å². The Morgan fingerprint density at radius 2 is 1.70 bits per heavy atom. The first-order chi connectivity index (χ1) is 4.37. The highest BCUT2D eigenvalue weighted by Gasteiger charge is 2.71. The second-order valence-corrected chi connectivity index (χ2v) is 4.73. The van der Waals surface area contributed by atoms with Crippen molar-refractivity contribution in [2.75, 3.05) is 0 Å². The van der Waals surface area contributed by atoms with E-state index in [4.69, 9.17) is 5.73 Å². The van der Waals surface area contributed by atoms with Crippen molar-refractivity contribution in [2.45, 2.75) is 44.2 Å². The van der Waals surface area contributed by atoms with Crippen molar-refractivity contribution < 1.29 is 5.11 Å². The third kappa shape index (κ3) is 0.523. The average molecular weight is 141 g/mol. The fraction of sp³-hybridized carbons (Fsp3) is 1.00. The Balaban J connectivity index is 2.11. The van der Waals surface area contributed by atoms with E-state index in [1.807, 2.05) is 13.8 Å². The molecular formula is C8H15NO. The molecule has 3 rings (SSSR count). The van der Waals surface area contributed by atoms with Crippen LogP contribution in [-0.4, -0.2) is 16.2 Å². The maximum atomic E-state index is 9.69. The Hall–Kier alpha value is -0.0800. The van der Waals surface area contributed by atoms with Crippen LogP contribution in [0.25, 0.3) is 0 Å². The van der Waals surface area contributed by atoms with Crippen molar-refractivity contribution in [2.24, 2.45) is 11.1 Å². The van der Waals surface area contributed by atoms with Gasteiger partial charge in [-0.25, -0.2) is 0 Å². The van der Waals surface area contributed by atoms with E-state index in [1.165, 1.54) is 0 Å². The third-order valence-electron chi connectivity index (χ3n) is 3.37. The molecule has 0 aromatic rings. The van der Waals surface area contributed by atoms with Gasteiger partial charge in [0.05, 0.1) is 5.60 Å². The fourth-order valence-corrected chi connectivity index (χ4v) is 2.52. The molecule has 3 N–H and O–H groups in total. The van der Waals surface area contributed by atoms with Gasteiger partial charge in [0.25, 0.3) is 0 Å². The van der Waals surface area contributed by atoms with Gasteiger partial charge in [0, 0.05) is 11.0 Å². The highest BCUT2D eigenvalue weighted by molar-refractivity contribution is 5.26. The van der Waals surface area contributed by atoms with E-state index in [2.05, 4.69) is 0 Å². The van der Waals surface area contributed by atoms with Crippen LogP contribution in [0.4, 0.5) is 0 Å². The molecule has 0 amide bonds. The third-order valence-corrected chi connectivity index (χ3v) is 3.37. The Kier molecular flexibility index (Phi) is 0.846. The molecule has 0 spiro atoms. The molecule has 0 heterocycles. The van der Waals surface area contributed by atoms with Crippen molar-refractivity contribution in [3.8, 4) is 0 Å². The van der Waals surface area contributed by atoms with E-state index in [1.54, 1.807) is 0 Å². The van der Waals surface area contributed by atoms with Crippen LogP contribution in [-0.2, 0) is 0 Å². The van der Waals surface area contributed by atoms with Crippen molar-refractivity contribution >= 4 is 0 Å². The van der Waals surface area contributed by atoms with Crippen LogP contribution < -0.4 is 5.73 Å². The van der Waals surface area contributed by atoms with Crippen LogP contribution in [0.3, 0.4) is 0 Å². The summed E-state index contributed by atoms with van der Waals surface area (Å²) in [5.74, 6) is 0. The lowest BCUT2D eigenvalue weighted by atomic mass is 9.35. The van der Waals surface area contributed by atoms with Crippen molar-refractivity contribution in [1.82, 2.24) is 0 Å². The SMILES string of the molecule is CC(C)(O)C12CC(N)(C1)C2. The quantitative estimate of drug-likeness (QED) is 0.563. The predicted molar refractivity (Wildman–Crippen MR) is 39.5 cm³/mol. The maximum Gasteiger partial charge on any atom is 0.0649 e. The zero-order valence-electron chi connectivity index (χ0n) is 6.65. The van der Waals surface area contributed by atoms with Crippen molar-refractivity contribution in [1.29, 1.82) is 0 Å². The summed E-state index contributed by atoms with van der Waals surface area (Å²) < 4.78 is 0. The lowest BCUT2D eigenvalue weighted by molar-refractivity contribution is -0.238. The van der Waals surface area contributed by atoms with Crippen LogP contribution >= 0.6 is 0 Å². The molecule has 58 valence electrons. The van der Waals surface area contributed by atoms with Gasteiger partial charge in [-0.05, 0) is 33.1 Å². The Bertz CT molecular complexity index is 160. The van der Waals surface area contributed by atoms with Crippen LogP contribution in [0, 0.1) is 5.41 Å². The van der Waals surface area contributed by atoms with Crippen molar-refractivity contribution in [3.63, 3.8) is 0 Å². The van der Waals surface area contributed by atoms with Crippen LogP contribution in [0.2, 0.25) is 0 Å². The summed E-state index contributed by atoms with van der Waals surface area (Å²) in [6.45, 7) is 3.79. The highest BCUT2D eigenvalue weighted by Crippen LogP contribution is 2.70. The lowest BCUT2D eigenvalue weighted by Gasteiger charge is -2.73. The molecule has 0 aliphatic heterocycles. The minimum atomic E-state index is -0.506. The van der Waals surface area contributed by atoms with Gasteiger partial charge in [-0.2, -0.15) is 0 Å². The summed E-state index contributed by atoms with van der Waals surface area (Å²) in [5, 5.41) is 9.69. The molecule has 10 heavy (non-hydrogen) atoms. The first kappa shape index (κ1) is 6.62. The van der Waals surface area contributed by atoms with E-state index >= 15 is 0 Å². The Morgan fingerprint density at radius 3 is 1.80 bits per heavy atom. The van der Waals surface area contributed by atoms with Crippen LogP contribution in [0.5, 0.6) is 0 Å². The highest BCUT2D eigenvalue weighted by atomic mass is 16.3. The van der Waals surface area contributed by atoms with Gasteiger partial charge < -0.3 is 10.8 Å². The fourth-order valence-electron chi connectivity index (χ4n) is 2.52. The van der Waals surface area contributed by atoms with Crippen LogP contribution in [0.1, 0.15) is 33.1 Å². The Labute approximate surface area is 61.4 Å². The first-order valence-electron chi connectivity index (χ1n) is 3.88. The van der Waals surface area contributed by atoms with Gasteiger partial charge in [-0.3, -0.25) is 0 Å². The van der Waals surface area contributed by atoms with Gasteiger partial charge in [-0.1, -0.05) is 0 Å². The summed E-state index contributed by atoms with van der Waals surface area (Å²) in [7, 11) is 0. The van der Waals surface area contributed by atoms with Crippen molar-refractivity contribution in [3.05, 3.63) is 0 Å². The summed E-state index contributed by atoms with van der Waals surface area (Å²) in [5.41, 5.74) is 5.67. The largest absolute Gasteiger partial charge is 0.390 e. The van der Waals surface area contributed by atoms with Crippen LogP contribution in [0.15, 0.2) is 0 Å². The molecule has 3 aliphatic carbocycles. The van der Waals surface area contributed by atoms with E-state index < -0.39 is 5.60 Å². The van der Waals surface area contributed by atoms with E-state index in [0.717, 1.165) is 19.3 Å². The summed E-state index contributed by atoms with van der Waals surface area (Å²) in [4.78, 5) is 0. The molecule has 3 aliphatic rings. The second kappa shape index (κ2) is 1.28. The standard InChI is InChI=1S/C8H15NO/c1-6(2,10)7-3-8(9,4-7)5-7/h10H,3-5,9H2,1-2H3. The second-order valence-electron chi connectivity index (χ2n) is 4.73. The summed E-state index contributed by atoms with van der Waals surface area (Å²) in [6.07, 6.45) is 3.09. The monoisotopic (exact) mass is 141 g/mol. The molecule has 0 saturated heterocycles. The zero-order chi connectivity index (χ0) is 7.62. The molecule has 0 radical (unpaired) electrons. The topological polar surface area (TPSA) is 46.2 Å².